The van der Waals surface area contributed by atoms with Crippen LogP contribution < -0.4 is 10.5 Å². The fraction of sp³-hybridized carbons (Fsp3) is 0.250. The molecule has 0 saturated carbocycles. The van der Waals surface area contributed by atoms with Gasteiger partial charge in [-0.15, -0.1) is 0 Å². The summed E-state index contributed by atoms with van der Waals surface area (Å²) in [5.74, 6) is 0.997. The lowest BCUT2D eigenvalue weighted by Gasteiger charge is -2.40. The van der Waals surface area contributed by atoms with Crippen LogP contribution >= 0.6 is 0 Å². The lowest BCUT2D eigenvalue weighted by molar-refractivity contribution is 0.207. The van der Waals surface area contributed by atoms with E-state index in [1.807, 2.05) is 73.8 Å². The Hall–Kier alpha value is -3.97. The number of benzene rings is 1. The zero-order valence-corrected chi connectivity index (χ0v) is 19.8. The van der Waals surface area contributed by atoms with Gasteiger partial charge in [0.25, 0.3) is 5.56 Å². The average Bonchev–Trinajstić information content (AvgIpc) is 2.91. The molecule has 3 aromatic heterocycles. The molecule has 35 heavy (non-hydrogen) atoms. The Morgan fingerprint density at radius 2 is 1.71 bits per heavy atom. The molecule has 4 aromatic rings. The van der Waals surface area contributed by atoms with Gasteiger partial charge in [0.15, 0.2) is 0 Å². The number of pyridine rings is 3. The minimum atomic E-state index is -0.352. The third-order valence-corrected chi connectivity index (χ3v) is 6.63. The van der Waals surface area contributed by atoms with Gasteiger partial charge in [0.05, 0.1) is 18.2 Å². The quantitative estimate of drug-likeness (QED) is 0.467. The van der Waals surface area contributed by atoms with Gasteiger partial charge >= 0.3 is 0 Å². The van der Waals surface area contributed by atoms with Gasteiger partial charge in [0, 0.05) is 50.5 Å². The van der Waals surface area contributed by atoms with E-state index in [9.17, 15) is 9.90 Å². The SMILES string of the molecule is Cc1cc(O)c([C@@H](c2ccccc2)N2CCN(c3ccccn3)CC2)c(=O)n1Cc1cccnc1. The summed E-state index contributed by atoms with van der Waals surface area (Å²) in [6.07, 6.45) is 5.30. The fourth-order valence-corrected chi connectivity index (χ4v) is 4.84. The highest BCUT2D eigenvalue weighted by Gasteiger charge is 2.31. The van der Waals surface area contributed by atoms with E-state index in [4.69, 9.17) is 0 Å². The summed E-state index contributed by atoms with van der Waals surface area (Å²) in [6.45, 7) is 5.32. The minimum Gasteiger partial charge on any atom is -0.507 e. The molecule has 0 bridgehead atoms. The van der Waals surface area contributed by atoms with Crippen LogP contribution in [0.5, 0.6) is 5.75 Å². The van der Waals surface area contributed by atoms with Crippen molar-refractivity contribution in [2.45, 2.75) is 19.5 Å². The number of aryl methyl sites for hydroxylation is 1. The summed E-state index contributed by atoms with van der Waals surface area (Å²) in [5, 5.41) is 11.1. The van der Waals surface area contributed by atoms with Crippen molar-refractivity contribution in [3.63, 3.8) is 0 Å². The predicted molar refractivity (Wildman–Crippen MR) is 137 cm³/mol. The second kappa shape index (κ2) is 10.1. The van der Waals surface area contributed by atoms with Gasteiger partial charge in [-0.05, 0) is 42.3 Å². The van der Waals surface area contributed by atoms with Crippen molar-refractivity contribution in [1.29, 1.82) is 0 Å². The highest BCUT2D eigenvalue weighted by Crippen LogP contribution is 2.33. The van der Waals surface area contributed by atoms with Crippen LogP contribution in [-0.4, -0.2) is 50.7 Å². The monoisotopic (exact) mass is 467 g/mol. The molecule has 0 spiro atoms. The van der Waals surface area contributed by atoms with Crippen molar-refractivity contribution in [1.82, 2.24) is 19.4 Å². The smallest absolute Gasteiger partial charge is 0.259 e. The van der Waals surface area contributed by atoms with Gasteiger partial charge in [-0.25, -0.2) is 4.98 Å². The first-order chi connectivity index (χ1) is 17.1. The molecule has 0 radical (unpaired) electrons. The van der Waals surface area contributed by atoms with Crippen LogP contribution in [0.2, 0.25) is 0 Å². The molecule has 7 nitrogen and oxygen atoms in total. The number of aromatic nitrogens is 3. The van der Waals surface area contributed by atoms with Crippen LogP contribution in [0.15, 0.2) is 90.1 Å². The largest absolute Gasteiger partial charge is 0.507 e. The molecular formula is C28H29N5O2. The predicted octanol–water partition coefficient (Wildman–Crippen LogP) is 3.61. The highest BCUT2D eigenvalue weighted by molar-refractivity contribution is 5.42. The van der Waals surface area contributed by atoms with Gasteiger partial charge in [-0.1, -0.05) is 42.5 Å². The minimum absolute atomic E-state index is 0.0379. The topological polar surface area (TPSA) is 74.5 Å². The van der Waals surface area contributed by atoms with Gasteiger partial charge in [-0.3, -0.25) is 14.7 Å². The summed E-state index contributed by atoms with van der Waals surface area (Å²) in [5.41, 5.74) is 2.88. The summed E-state index contributed by atoms with van der Waals surface area (Å²) >= 11 is 0. The van der Waals surface area contributed by atoms with Crippen molar-refractivity contribution < 1.29 is 5.11 Å². The second-order valence-electron chi connectivity index (χ2n) is 8.86. The summed E-state index contributed by atoms with van der Waals surface area (Å²) < 4.78 is 1.73. The Kier molecular flexibility index (Phi) is 6.59. The zero-order valence-electron chi connectivity index (χ0n) is 19.8. The lowest BCUT2D eigenvalue weighted by Crippen LogP contribution is -2.49. The summed E-state index contributed by atoms with van der Waals surface area (Å²) in [6, 6.07) is 21.1. The molecule has 4 heterocycles. The van der Waals surface area contributed by atoms with E-state index in [-0.39, 0.29) is 17.4 Å². The molecule has 1 atom stereocenters. The molecule has 0 amide bonds. The zero-order chi connectivity index (χ0) is 24.2. The molecule has 1 N–H and O–H groups in total. The van der Waals surface area contributed by atoms with E-state index >= 15 is 0 Å². The van der Waals surface area contributed by atoms with E-state index in [2.05, 4.69) is 19.8 Å². The normalized spacial score (nSPS) is 15.2. The molecule has 1 fully saturated rings. The van der Waals surface area contributed by atoms with Crippen LogP contribution in [0.4, 0.5) is 5.82 Å². The molecule has 178 valence electrons. The van der Waals surface area contributed by atoms with Crippen molar-refractivity contribution in [2.24, 2.45) is 0 Å². The average molecular weight is 468 g/mol. The van der Waals surface area contributed by atoms with Crippen molar-refractivity contribution in [2.75, 3.05) is 31.1 Å². The van der Waals surface area contributed by atoms with Crippen LogP contribution in [0.25, 0.3) is 0 Å². The third-order valence-electron chi connectivity index (χ3n) is 6.63. The second-order valence-corrected chi connectivity index (χ2v) is 8.86. The van der Waals surface area contributed by atoms with Crippen LogP contribution in [0.1, 0.15) is 28.4 Å². The van der Waals surface area contributed by atoms with Crippen LogP contribution in [-0.2, 0) is 6.54 Å². The van der Waals surface area contributed by atoms with Crippen molar-refractivity contribution >= 4 is 5.82 Å². The number of anilines is 1. The molecule has 0 unspecified atom stereocenters. The molecule has 7 heteroatoms. The van der Waals surface area contributed by atoms with Gasteiger partial charge < -0.3 is 14.6 Å². The molecule has 1 aliphatic heterocycles. The van der Waals surface area contributed by atoms with Crippen LogP contribution in [0.3, 0.4) is 0 Å². The molecule has 1 aliphatic rings. The number of hydrogen-bond acceptors (Lipinski definition) is 6. The Morgan fingerprint density at radius 1 is 0.943 bits per heavy atom. The first-order valence-electron chi connectivity index (χ1n) is 11.9. The summed E-state index contributed by atoms with van der Waals surface area (Å²) in [7, 11) is 0. The Balaban J connectivity index is 1.52. The van der Waals surface area contributed by atoms with E-state index < -0.39 is 0 Å². The van der Waals surface area contributed by atoms with E-state index in [1.165, 1.54) is 0 Å². The molecule has 0 aliphatic carbocycles. The Bertz CT molecular complexity index is 1320. The Morgan fingerprint density at radius 3 is 2.40 bits per heavy atom. The van der Waals surface area contributed by atoms with Crippen molar-refractivity contribution in [3.05, 3.63) is 118 Å². The van der Waals surface area contributed by atoms with E-state index in [0.717, 1.165) is 43.1 Å². The molecule has 1 saturated heterocycles. The lowest BCUT2D eigenvalue weighted by atomic mass is 9.96. The standard InChI is InChI=1S/C28H29N5O2/c1-21-18-24(34)26(28(35)33(21)20-22-8-7-12-29-19-22)27(23-9-3-2-4-10-23)32-16-14-31(15-17-32)25-11-5-6-13-30-25/h2-13,18-19,27,34H,14-17,20H2,1H3/t27-/m1/s1. The molecular weight excluding hydrogens is 438 g/mol. The third kappa shape index (κ3) is 4.81. The van der Waals surface area contributed by atoms with Crippen LogP contribution in [0, 0.1) is 6.92 Å². The summed E-state index contributed by atoms with van der Waals surface area (Å²) in [4.78, 5) is 27.1. The molecule has 1 aromatic carbocycles. The number of piperazine rings is 1. The first-order valence-corrected chi connectivity index (χ1v) is 11.9. The van der Waals surface area contributed by atoms with E-state index in [0.29, 0.717) is 17.8 Å². The maximum absolute atomic E-state index is 13.9. The number of rotatable bonds is 6. The molecule has 5 rings (SSSR count). The highest BCUT2D eigenvalue weighted by atomic mass is 16.3. The number of aromatic hydroxyl groups is 1. The fourth-order valence-electron chi connectivity index (χ4n) is 4.84. The first kappa shape index (κ1) is 22.8. The van der Waals surface area contributed by atoms with Crippen molar-refractivity contribution in [3.8, 4) is 5.75 Å². The van der Waals surface area contributed by atoms with Gasteiger partial charge in [0.1, 0.15) is 11.6 Å². The number of nitrogens with zero attached hydrogens (tertiary/aromatic N) is 5. The van der Waals surface area contributed by atoms with Gasteiger partial charge in [0.2, 0.25) is 0 Å². The van der Waals surface area contributed by atoms with E-state index in [1.54, 1.807) is 23.0 Å². The van der Waals surface area contributed by atoms with Gasteiger partial charge in [-0.2, -0.15) is 0 Å². The number of hydrogen-bond donors (Lipinski definition) is 1. The Labute approximate surface area is 204 Å². The maximum atomic E-state index is 13.9. The maximum Gasteiger partial charge on any atom is 0.259 e.